The number of aliphatic hydroxyl groups excluding tert-OH is 6. The SMILES string of the molecule is COc1cc(O[C@@H]2O[C@H](COC3OCC(O)C(O)C3O)[C@@H](O)[C@H](O)[C@H]2O)cc(OC)c1OC. The van der Waals surface area contributed by atoms with Gasteiger partial charge in [-0.15, -0.1) is 0 Å². The van der Waals surface area contributed by atoms with E-state index in [1.807, 2.05) is 0 Å². The summed E-state index contributed by atoms with van der Waals surface area (Å²) in [5, 5.41) is 60.2. The monoisotopic (exact) mass is 478 g/mol. The van der Waals surface area contributed by atoms with Crippen molar-refractivity contribution in [3.8, 4) is 23.0 Å². The molecule has 0 spiro atoms. The van der Waals surface area contributed by atoms with Crippen LogP contribution in [0.25, 0.3) is 0 Å². The Balaban J connectivity index is 1.71. The third kappa shape index (κ3) is 5.42. The van der Waals surface area contributed by atoms with Crippen LogP contribution in [0, 0.1) is 0 Å². The largest absolute Gasteiger partial charge is 0.493 e. The van der Waals surface area contributed by atoms with Gasteiger partial charge in [-0.2, -0.15) is 0 Å². The van der Waals surface area contributed by atoms with E-state index in [0.717, 1.165) is 0 Å². The zero-order chi connectivity index (χ0) is 24.3. The Morgan fingerprint density at radius 2 is 1.39 bits per heavy atom. The zero-order valence-electron chi connectivity index (χ0n) is 18.3. The van der Waals surface area contributed by atoms with Gasteiger partial charge >= 0.3 is 0 Å². The summed E-state index contributed by atoms with van der Waals surface area (Å²) in [6, 6.07) is 2.92. The average molecular weight is 478 g/mol. The van der Waals surface area contributed by atoms with Gasteiger partial charge in [0.1, 0.15) is 48.5 Å². The second kappa shape index (κ2) is 11.0. The van der Waals surface area contributed by atoms with Crippen molar-refractivity contribution in [2.45, 2.75) is 55.3 Å². The van der Waals surface area contributed by atoms with Crippen molar-refractivity contribution in [1.29, 1.82) is 0 Å². The molecule has 0 aromatic heterocycles. The molecule has 4 unspecified atom stereocenters. The van der Waals surface area contributed by atoms with Crippen LogP contribution in [0.5, 0.6) is 23.0 Å². The second-order valence-electron chi connectivity index (χ2n) is 7.58. The minimum Gasteiger partial charge on any atom is -0.493 e. The third-order valence-electron chi connectivity index (χ3n) is 5.44. The predicted molar refractivity (Wildman–Crippen MR) is 107 cm³/mol. The van der Waals surface area contributed by atoms with Crippen LogP contribution in [0.2, 0.25) is 0 Å². The quantitative estimate of drug-likeness (QED) is 0.228. The van der Waals surface area contributed by atoms with Crippen LogP contribution < -0.4 is 18.9 Å². The van der Waals surface area contributed by atoms with Gasteiger partial charge in [0.05, 0.1) is 34.5 Å². The van der Waals surface area contributed by atoms with E-state index in [1.54, 1.807) is 0 Å². The van der Waals surface area contributed by atoms with Gasteiger partial charge in [-0.3, -0.25) is 0 Å². The van der Waals surface area contributed by atoms with E-state index in [0.29, 0.717) is 5.75 Å². The van der Waals surface area contributed by atoms with E-state index < -0.39 is 61.9 Å². The van der Waals surface area contributed by atoms with Gasteiger partial charge < -0.3 is 63.8 Å². The molecule has 0 saturated carbocycles. The summed E-state index contributed by atoms with van der Waals surface area (Å²) >= 11 is 0. The molecule has 13 heteroatoms. The van der Waals surface area contributed by atoms with Gasteiger partial charge in [0, 0.05) is 12.1 Å². The Labute approximate surface area is 189 Å². The summed E-state index contributed by atoms with van der Waals surface area (Å²) in [6.07, 6.45) is -13.1. The fourth-order valence-electron chi connectivity index (χ4n) is 3.53. The topological polar surface area (TPSA) is 186 Å². The summed E-state index contributed by atoms with van der Waals surface area (Å²) < 4.78 is 37.5. The molecule has 1 aromatic rings. The summed E-state index contributed by atoms with van der Waals surface area (Å²) in [6.45, 7) is -0.671. The lowest BCUT2D eigenvalue weighted by Crippen LogP contribution is -2.61. The van der Waals surface area contributed by atoms with Crippen LogP contribution in [0.15, 0.2) is 12.1 Å². The van der Waals surface area contributed by atoms with Gasteiger partial charge in [0.15, 0.2) is 17.8 Å². The van der Waals surface area contributed by atoms with Gasteiger partial charge in [0.2, 0.25) is 12.0 Å². The van der Waals surface area contributed by atoms with Crippen molar-refractivity contribution in [3.05, 3.63) is 12.1 Å². The molecule has 2 heterocycles. The summed E-state index contributed by atoms with van der Waals surface area (Å²) in [5.41, 5.74) is 0. The van der Waals surface area contributed by atoms with E-state index in [2.05, 4.69) is 0 Å². The van der Waals surface area contributed by atoms with Crippen LogP contribution in [-0.4, -0.2) is 120 Å². The molecule has 2 saturated heterocycles. The Hall–Kier alpha value is -1.94. The highest BCUT2D eigenvalue weighted by atomic mass is 16.7. The number of benzene rings is 1. The van der Waals surface area contributed by atoms with Crippen molar-refractivity contribution in [2.75, 3.05) is 34.5 Å². The second-order valence-corrected chi connectivity index (χ2v) is 7.58. The fourth-order valence-corrected chi connectivity index (χ4v) is 3.53. The van der Waals surface area contributed by atoms with Gasteiger partial charge in [-0.25, -0.2) is 0 Å². The first-order chi connectivity index (χ1) is 15.7. The molecule has 2 aliphatic heterocycles. The molecular formula is C20H30O13. The van der Waals surface area contributed by atoms with Crippen molar-refractivity contribution >= 4 is 0 Å². The normalized spacial score (nSPS) is 36.8. The average Bonchev–Trinajstić information content (AvgIpc) is 2.82. The maximum atomic E-state index is 10.4. The van der Waals surface area contributed by atoms with Gasteiger partial charge in [-0.1, -0.05) is 0 Å². The zero-order valence-corrected chi connectivity index (χ0v) is 18.3. The molecule has 1 aromatic carbocycles. The Bertz CT molecular complexity index is 751. The highest BCUT2D eigenvalue weighted by molar-refractivity contribution is 5.55. The Morgan fingerprint density at radius 1 is 0.788 bits per heavy atom. The van der Waals surface area contributed by atoms with Crippen molar-refractivity contribution < 1.29 is 63.8 Å². The lowest BCUT2D eigenvalue weighted by molar-refractivity contribution is -0.307. The number of methoxy groups -OCH3 is 3. The molecule has 188 valence electrons. The number of ether oxygens (including phenoxy) is 7. The summed E-state index contributed by atoms with van der Waals surface area (Å²) in [5.74, 6) is 1.03. The first kappa shape index (κ1) is 25.7. The maximum absolute atomic E-state index is 10.4. The molecule has 33 heavy (non-hydrogen) atoms. The number of hydrogen-bond acceptors (Lipinski definition) is 13. The van der Waals surface area contributed by atoms with E-state index in [1.165, 1.54) is 33.5 Å². The number of hydrogen-bond donors (Lipinski definition) is 6. The van der Waals surface area contributed by atoms with Crippen LogP contribution in [-0.2, 0) is 14.2 Å². The van der Waals surface area contributed by atoms with Crippen LogP contribution in [0.4, 0.5) is 0 Å². The van der Waals surface area contributed by atoms with E-state index in [4.69, 9.17) is 33.2 Å². The van der Waals surface area contributed by atoms with E-state index in [-0.39, 0.29) is 23.9 Å². The molecule has 0 aliphatic carbocycles. The minimum absolute atomic E-state index is 0.153. The first-order valence-corrected chi connectivity index (χ1v) is 10.2. The molecule has 0 bridgehead atoms. The molecule has 13 nitrogen and oxygen atoms in total. The Morgan fingerprint density at radius 3 is 1.97 bits per heavy atom. The molecular weight excluding hydrogens is 448 g/mol. The highest BCUT2D eigenvalue weighted by Crippen LogP contribution is 2.41. The van der Waals surface area contributed by atoms with Gasteiger partial charge in [0.25, 0.3) is 0 Å². The lowest BCUT2D eigenvalue weighted by Gasteiger charge is -2.41. The van der Waals surface area contributed by atoms with E-state index >= 15 is 0 Å². The molecule has 0 radical (unpaired) electrons. The van der Waals surface area contributed by atoms with Gasteiger partial charge in [-0.05, 0) is 0 Å². The molecule has 2 aliphatic rings. The van der Waals surface area contributed by atoms with Crippen molar-refractivity contribution in [2.24, 2.45) is 0 Å². The first-order valence-electron chi connectivity index (χ1n) is 10.2. The summed E-state index contributed by atoms with van der Waals surface area (Å²) in [4.78, 5) is 0. The fraction of sp³-hybridized carbons (Fsp3) is 0.700. The van der Waals surface area contributed by atoms with Crippen molar-refractivity contribution in [1.82, 2.24) is 0 Å². The summed E-state index contributed by atoms with van der Waals surface area (Å²) in [7, 11) is 4.26. The smallest absolute Gasteiger partial charge is 0.229 e. The minimum atomic E-state index is -1.65. The molecule has 0 amide bonds. The third-order valence-corrected chi connectivity index (χ3v) is 5.44. The highest BCUT2D eigenvalue weighted by Gasteiger charge is 2.46. The standard InChI is InChI=1S/C20H30O13/c1-27-10-4-8(5-11(28-2)18(10)29-3)32-20-17(26)15(24)14(23)12(33-20)7-31-19-16(25)13(22)9(21)6-30-19/h4-5,9,12-17,19-26H,6-7H2,1-3H3/t9?,12-,13?,14-,15+,16?,17-,19?,20-/m1/s1. The predicted octanol–water partition coefficient (Wildman–Crippen LogP) is -2.65. The van der Waals surface area contributed by atoms with Crippen LogP contribution in [0.1, 0.15) is 0 Å². The van der Waals surface area contributed by atoms with Crippen LogP contribution >= 0.6 is 0 Å². The Kier molecular flexibility index (Phi) is 8.55. The number of rotatable bonds is 8. The van der Waals surface area contributed by atoms with Crippen LogP contribution in [0.3, 0.4) is 0 Å². The van der Waals surface area contributed by atoms with Crippen molar-refractivity contribution in [3.63, 3.8) is 0 Å². The lowest BCUT2D eigenvalue weighted by atomic mass is 9.99. The van der Waals surface area contributed by atoms with E-state index in [9.17, 15) is 30.6 Å². The molecule has 9 atom stereocenters. The molecule has 6 N–H and O–H groups in total. The molecule has 3 rings (SSSR count). The number of aliphatic hydroxyl groups is 6. The molecule has 2 fully saturated rings. The maximum Gasteiger partial charge on any atom is 0.229 e.